The molecule has 0 atom stereocenters. The van der Waals surface area contributed by atoms with E-state index in [0.29, 0.717) is 29.9 Å². The van der Waals surface area contributed by atoms with Gasteiger partial charge in [0.2, 0.25) is 10.0 Å². The molecule has 2 aromatic heterocycles. The Morgan fingerprint density at radius 3 is 2.75 bits per heavy atom. The molecule has 1 aromatic carbocycles. The van der Waals surface area contributed by atoms with Crippen molar-refractivity contribution in [3.05, 3.63) is 58.9 Å². The number of nitrogens with zero attached hydrogens (tertiary/aromatic N) is 3. The van der Waals surface area contributed by atoms with Gasteiger partial charge in [-0.2, -0.15) is 0 Å². The van der Waals surface area contributed by atoms with Crippen LogP contribution in [0.4, 0.5) is 11.4 Å². The molecule has 28 heavy (non-hydrogen) atoms. The fourth-order valence-corrected chi connectivity index (χ4v) is 5.79. The summed E-state index contributed by atoms with van der Waals surface area (Å²) in [5, 5.41) is 5.60. The highest BCUT2D eigenvalue weighted by atomic mass is 32.2. The molecule has 0 spiro atoms. The van der Waals surface area contributed by atoms with E-state index in [2.05, 4.69) is 10.3 Å². The highest BCUT2D eigenvalue weighted by Crippen LogP contribution is 2.27. The Labute approximate surface area is 167 Å². The fourth-order valence-electron chi connectivity index (χ4n) is 3.48. The topological polar surface area (TPSA) is 84.3 Å². The second-order valence-corrected chi connectivity index (χ2v) is 9.57. The fraction of sp³-hybridized carbons (Fsp3) is 0.263. The summed E-state index contributed by atoms with van der Waals surface area (Å²) in [4.78, 5) is 17.2. The SMILES string of the molecule is Cc1cc(C(=O)Nc2cccc(N3CCCS3(=O)=O)c2)c(C)n1-c1nccs1. The molecule has 1 aliphatic heterocycles. The summed E-state index contributed by atoms with van der Waals surface area (Å²) in [6.07, 6.45) is 2.35. The lowest BCUT2D eigenvalue weighted by atomic mass is 10.2. The number of carbonyl (C=O) groups is 1. The quantitative estimate of drug-likeness (QED) is 0.707. The Hall–Kier alpha value is -2.65. The molecule has 146 valence electrons. The molecule has 1 fully saturated rings. The zero-order chi connectivity index (χ0) is 19.9. The van der Waals surface area contributed by atoms with E-state index < -0.39 is 10.0 Å². The summed E-state index contributed by atoms with van der Waals surface area (Å²) >= 11 is 1.51. The molecule has 0 unspecified atom stereocenters. The molecule has 0 bridgehead atoms. The van der Waals surface area contributed by atoms with Crippen molar-refractivity contribution in [1.82, 2.24) is 9.55 Å². The van der Waals surface area contributed by atoms with Gasteiger partial charge in [-0.3, -0.25) is 13.7 Å². The van der Waals surface area contributed by atoms with Crippen LogP contribution in [0.15, 0.2) is 41.9 Å². The van der Waals surface area contributed by atoms with Crippen molar-refractivity contribution >= 4 is 38.6 Å². The molecule has 1 amide bonds. The van der Waals surface area contributed by atoms with Gasteiger partial charge in [0.25, 0.3) is 5.91 Å². The second-order valence-electron chi connectivity index (χ2n) is 6.68. The van der Waals surface area contributed by atoms with Crippen molar-refractivity contribution in [3.8, 4) is 5.13 Å². The lowest BCUT2D eigenvalue weighted by Crippen LogP contribution is -2.25. The third-order valence-electron chi connectivity index (χ3n) is 4.78. The maximum Gasteiger partial charge on any atom is 0.257 e. The first-order valence-electron chi connectivity index (χ1n) is 8.87. The summed E-state index contributed by atoms with van der Waals surface area (Å²) in [6, 6.07) is 8.77. The number of anilines is 2. The van der Waals surface area contributed by atoms with Gasteiger partial charge in [0.05, 0.1) is 17.0 Å². The van der Waals surface area contributed by atoms with Crippen molar-refractivity contribution in [2.75, 3.05) is 21.9 Å². The molecule has 0 aliphatic carbocycles. The van der Waals surface area contributed by atoms with Crippen LogP contribution in [0.1, 0.15) is 28.2 Å². The van der Waals surface area contributed by atoms with Crippen LogP contribution in [0, 0.1) is 13.8 Å². The molecule has 4 rings (SSSR count). The maximum atomic E-state index is 12.9. The van der Waals surface area contributed by atoms with Crippen molar-refractivity contribution in [3.63, 3.8) is 0 Å². The lowest BCUT2D eigenvalue weighted by Gasteiger charge is -2.17. The van der Waals surface area contributed by atoms with Gasteiger partial charge in [-0.05, 0) is 44.5 Å². The molecule has 1 saturated heterocycles. The highest BCUT2D eigenvalue weighted by Gasteiger charge is 2.28. The lowest BCUT2D eigenvalue weighted by molar-refractivity contribution is 0.102. The van der Waals surface area contributed by atoms with Gasteiger partial charge >= 0.3 is 0 Å². The minimum Gasteiger partial charge on any atom is -0.322 e. The van der Waals surface area contributed by atoms with Gasteiger partial charge in [-0.1, -0.05) is 6.07 Å². The first kappa shape index (κ1) is 18.7. The van der Waals surface area contributed by atoms with Crippen molar-refractivity contribution in [1.29, 1.82) is 0 Å². The Bertz CT molecular complexity index is 1130. The van der Waals surface area contributed by atoms with E-state index >= 15 is 0 Å². The minimum atomic E-state index is -3.26. The van der Waals surface area contributed by atoms with Crippen LogP contribution in [0.5, 0.6) is 0 Å². The van der Waals surface area contributed by atoms with Gasteiger partial charge in [0.1, 0.15) is 0 Å². The number of amides is 1. The third kappa shape index (κ3) is 3.31. The molecule has 0 saturated carbocycles. The monoisotopic (exact) mass is 416 g/mol. The van der Waals surface area contributed by atoms with Crippen LogP contribution in [0.3, 0.4) is 0 Å². The van der Waals surface area contributed by atoms with Gasteiger partial charge in [-0.25, -0.2) is 13.4 Å². The summed E-state index contributed by atoms with van der Waals surface area (Å²) in [5.74, 6) is -0.0795. The average Bonchev–Trinajstić information content (AvgIpc) is 3.34. The molecule has 1 N–H and O–H groups in total. The zero-order valence-electron chi connectivity index (χ0n) is 15.5. The summed E-state index contributed by atoms with van der Waals surface area (Å²) < 4.78 is 27.6. The van der Waals surface area contributed by atoms with E-state index in [4.69, 9.17) is 0 Å². The van der Waals surface area contributed by atoms with Gasteiger partial charge < -0.3 is 5.32 Å². The molecule has 1 aliphatic rings. The number of hydrogen-bond donors (Lipinski definition) is 1. The number of aryl methyl sites for hydroxylation is 1. The van der Waals surface area contributed by atoms with Crippen LogP contribution in [0.2, 0.25) is 0 Å². The number of nitrogens with one attached hydrogen (secondary N) is 1. The number of hydrogen-bond acceptors (Lipinski definition) is 5. The van der Waals surface area contributed by atoms with Crippen LogP contribution < -0.4 is 9.62 Å². The standard InChI is InChI=1S/C19H20N4O3S2/c1-13-11-17(14(2)23(13)19-20-7-9-27-19)18(24)21-15-5-3-6-16(12-15)22-8-4-10-28(22,25)26/h3,5-7,9,11-12H,4,8,10H2,1-2H3,(H,21,24). The minimum absolute atomic E-state index is 0.159. The molecule has 9 heteroatoms. The van der Waals surface area contributed by atoms with E-state index in [-0.39, 0.29) is 11.7 Å². The molecule has 7 nitrogen and oxygen atoms in total. The van der Waals surface area contributed by atoms with Gasteiger partial charge in [0, 0.05) is 35.2 Å². The zero-order valence-corrected chi connectivity index (χ0v) is 17.2. The van der Waals surface area contributed by atoms with Crippen molar-refractivity contribution in [2.24, 2.45) is 0 Å². The number of carbonyl (C=O) groups excluding carboxylic acids is 1. The predicted octanol–water partition coefficient (Wildman–Crippen LogP) is 3.34. The van der Waals surface area contributed by atoms with Gasteiger partial charge in [0.15, 0.2) is 5.13 Å². The Kier molecular flexibility index (Phi) is 4.72. The smallest absolute Gasteiger partial charge is 0.257 e. The largest absolute Gasteiger partial charge is 0.322 e. The molecule has 0 radical (unpaired) electrons. The number of rotatable bonds is 4. The number of thiazole rings is 1. The van der Waals surface area contributed by atoms with Crippen molar-refractivity contribution < 1.29 is 13.2 Å². The number of aromatic nitrogens is 2. The van der Waals surface area contributed by atoms with E-state index in [1.807, 2.05) is 29.9 Å². The molecule has 3 heterocycles. The van der Waals surface area contributed by atoms with Crippen LogP contribution >= 0.6 is 11.3 Å². The normalized spacial score (nSPS) is 15.7. The van der Waals surface area contributed by atoms with E-state index in [0.717, 1.165) is 16.5 Å². The summed E-state index contributed by atoms with van der Waals surface area (Å²) in [5.41, 5.74) is 3.43. The highest BCUT2D eigenvalue weighted by molar-refractivity contribution is 7.93. The maximum absolute atomic E-state index is 12.9. The summed E-state index contributed by atoms with van der Waals surface area (Å²) in [7, 11) is -3.26. The summed E-state index contributed by atoms with van der Waals surface area (Å²) in [6.45, 7) is 4.29. The van der Waals surface area contributed by atoms with E-state index in [1.54, 1.807) is 30.5 Å². The van der Waals surface area contributed by atoms with Gasteiger partial charge in [-0.15, -0.1) is 11.3 Å². The van der Waals surface area contributed by atoms with E-state index in [1.165, 1.54) is 15.6 Å². The molecular formula is C19H20N4O3S2. The Balaban J connectivity index is 1.60. The third-order valence-corrected chi connectivity index (χ3v) is 7.40. The van der Waals surface area contributed by atoms with Crippen LogP contribution in [-0.2, 0) is 10.0 Å². The first-order valence-corrected chi connectivity index (χ1v) is 11.4. The average molecular weight is 417 g/mol. The van der Waals surface area contributed by atoms with E-state index in [9.17, 15) is 13.2 Å². The Morgan fingerprint density at radius 1 is 1.25 bits per heavy atom. The Morgan fingerprint density at radius 2 is 2.07 bits per heavy atom. The molecular weight excluding hydrogens is 396 g/mol. The van der Waals surface area contributed by atoms with Crippen LogP contribution in [-0.4, -0.2) is 36.2 Å². The predicted molar refractivity (Wildman–Crippen MR) is 111 cm³/mol. The van der Waals surface area contributed by atoms with Crippen molar-refractivity contribution in [2.45, 2.75) is 20.3 Å². The first-order chi connectivity index (χ1) is 13.4. The number of benzene rings is 1. The number of sulfonamides is 1. The van der Waals surface area contributed by atoms with Crippen LogP contribution in [0.25, 0.3) is 5.13 Å². The second kappa shape index (κ2) is 7.06. The molecule has 3 aromatic rings.